The summed E-state index contributed by atoms with van der Waals surface area (Å²) in [6, 6.07) is -1.35. The molecule has 0 aliphatic rings. The lowest BCUT2D eigenvalue weighted by Crippen LogP contribution is -2.55. The van der Waals surface area contributed by atoms with Gasteiger partial charge in [0.2, 0.25) is 17.7 Å². The fourth-order valence-corrected chi connectivity index (χ4v) is 4.24. The highest BCUT2D eigenvalue weighted by atomic mass is 16.2. The maximum atomic E-state index is 12.9. The van der Waals surface area contributed by atoms with Crippen LogP contribution in [0.15, 0.2) is 0 Å². The van der Waals surface area contributed by atoms with Crippen molar-refractivity contribution in [3.8, 4) is 0 Å². The van der Waals surface area contributed by atoms with Crippen molar-refractivity contribution >= 4 is 24.0 Å². The van der Waals surface area contributed by atoms with Gasteiger partial charge in [-0.2, -0.15) is 0 Å². The van der Waals surface area contributed by atoms with Gasteiger partial charge in [-0.15, -0.1) is 0 Å². The summed E-state index contributed by atoms with van der Waals surface area (Å²) in [7, 11) is 0. The second-order valence-electron chi connectivity index (χ2n) is 10.1. The molecule has 0 aliphatic heterocycles. The standard InChI is InChI=1S/C29H55N3O4/c1-5-8-9-10-11-12-13-14-15-16-17-18-19-21-26(34)32-27(24(4)6-2)29(36)31-25(7-3)28(35)30-22-20-23-33/h23-25,27H,5-22H2,1-4H3,(H,30,35)(H,31,36)(H,32,34)/t24?,25-,27?/m0/s1. The van der Waals surface area contributed by atoms with Gasteiger partial charge in [-0.3, -0.25) is 14.4 Å². The monoisotopic (exact) mass is 509 g/mol. The van der Waals surface area contributed by atoms with Crippen LogP contribution in [-0.4, -0.2) is 42.6 Å². The molecule has 0 fully saturated rings. The molecule has 0 saturated carbocycles. The zero-order chi connectivity index (χ0) is 27.0. The number of rotatable bonds is 24. The van der Waals surface area contributed by atoms with Gasteiger partial charge in [0.25, 0.3) is 0 Å². The Balaban J connectivity index is 4.22. The summed E-state index contributed by atoms with van der Waals surface area (Å²) in [5.74, 6) is -0.799. The number of hydrogen-bond acceptors (Lipinski definition) is 4. The van der Waals surface area contributed by atoms with Gasteiger partial charge in [-0.1, -0.05) is 111 Å². The maximum absolute atomic E-state index is 12.9. The van der Waals surface area contributed by atoms with Gasteiger partial charge in [0.15, 0.2) is 0 Å². The van der Waals surface area contributed by atoms with Crippen LogP contribution in [0, 0.1) is 5.92 Å². The quantitative estimate of drug-likeness (QED) is 0.116. The summed E-state index contributed by atoms with van der Waals surface area (Å²) in [6.45, 7) is 8.23. The van der Waals surface area contributed by atoms with E-state index in [-0.39, 0.29) is 36.6 Å². The molecule has 0 radical (unpaired) electrons. The van der Waals surface area contributed by atoms with Crippen LogP contribution in [0.3, 0.4) is 0 Å². The first-order valence-corrected chi connectivity index (χ1v) is 14.7. The molecule has 0 aromatic carbocycles. The Hall–Kier alpha value is -1.92. The predicted octanol–water partition coefficient (Wildman–Crippen LogP) is 5.60. The molecule has 3 N–H and O–H groups in total. The van der Waals surface area contributed by atoms with E-state index >= 15 is 0 Å². The number of hydrogen-bond donors (Lipinski definition) is 3. The molecule has 0 aliphatic carbocycles. The van der Waals surface area contributed by atoms with Gasteiger partial charge in [-0.05, 0) is 18.8 Å². The fourth-order valence-electron chi connectivity index (χ4n) is 4.24. The predicted molar refractivity (Wildman–Crippen MR) is 148 cm³/mol. The van der Waals surface area contributed by atoms with Gasteiger partial charge >= 0.3 is 0 Å². The van der Waals surface area contributed by atoms with Crippen molar-refractivity contribution in [1.29, 1.82) is 0 Å². The van der Waals surface area contributed by atoms with Crippen molar-refractivity contribution in [2.75, 3.05) is 6.54 Å². The molecule has 0 aromatic heterocycles. The molecule has 0 saturated heterocycles. The molecule has 7 heteroatoms. The average molecular weight is 510 g/mol. The molecule has 0 bridgehead atoms. The van der Waals surface area contributed by atoms with Crippen molar-refractivity contribution in [1.82, 2.24) is 16.0 Å². The van der Waals surface area contributed by atoms with Crippen LogP contribution in [0.5, 0.6) is 0 Å². The molecule has 3 amide bonds. The Bertz CT molecular complexity index is 597. The normalized spacial score (nSPS) is 13.4. The van der Waals surface area contributed by atoms with Crippen molar-refractivity contribution in [2.24, 2.45) is 5.92 Å². The second-order valence-corrected chi connectivity index (χ2v) is 10.1. The highest BCUT2D eigenvalue weighted by Gasteiger charge is 2.29. The smallest absolute Gasteiger partial charge is 0.243 e. The van der Waals surface area contributed by atoms with Gasteiger partial charge in [-0.25, -0.2) is 0 Å². The van der Waals surface area contributed by atoms with Crippen LogP contribution >= 0.6 is 0 Å². The summed E-state index contributed by atoms with van der Waals surface area (Å²) in [6.07, 6.45) is 18.9. The molecule has 0 aromatic rings. The van der Waals surface area contributed by atoms with Crippen molar-refractivity contribution in [3.63, 3.8) is 0 Å². The second kappa shape index (κ2) is 23.5. The number of unbranched alkanes of at least 4 members (excludes halogenated alkanes) is 12. The Morgan fingerprint density at radius 2 is 1.22 bits per heavy atom. The lowest BCUT2D eigenvalue weighted by molar-refractivity contribution is -0.133. The zero-order valence-corrected chi connectivity index (χ0v) is 23.7. The van der Waals surface area contributed by atoms with E-state index in [0.29, 0.717) is 12.8 Å². The first kappa shape index (κ1) is 34.1. The molecule has 7 nitrogen and oxygen atoms in total. The number of carbonyl (C=O) groups excluding carboxylic acids is 4. The van der Waals surface area contributed by atoms with E-state index in [4.69, 9.17) is 0 Å². The molecule has 210 valence electrons. The fraction of sp³-hybridized carbons (Fsp3) is 0.862. The van der Waals surface area contributed by atoms with Crippen LogP contribution in [0.2, 0.25) is 0 Å². The van der Waals surface area contributed by atoms with E-state index in [1.807, 2.05) is 20.8 Å². The molecule has 0 heterocycles. The van der Waals surface area contributed by atoms with E-state index in [1.165, 1.54) is 64.2 Å². The average Bonchev–Trinajstić information content (AvgIpc) is 2.87. The summed E-state index contributed by atoms with van der Waals surface area (Å²) in [4.78, 5) is 48.2. The largest absolute Gasteiger partial charge is 0.354 e. The highest BCUT2D eigenvalue weighted by molar-refractivity contribution is 5.92. The number of amides is 3. The van der Waals surface area contributed by atoms with E-state index in [0.717, 1.165) is 32.0 Å². The van der Waals surface area contributed by atoms with Crippen LogP contribution in [0.1, 0.15) is 137 Å². The van der Waals surface area contributed by atoms with Crippen molar-refractivity contribution in [2.45, 2.75) is 149 Å². The van der Waals surface area contributed by atoms with E-state index in [9.17, 15) is 19.2 Å². The molecular formula is C29H55N3O4. The van der Waals surface area contributed by atoms with Crippen LogP contribution in [-0.2, 0) is 19.2 Å². The highest BCUT2D eigenvalue weighted by Crippen LogP contribution is 2.14. The minimum atomic E-state index is -0.686. The Morgan fingerprint density at radius 3 is 1.69 bits per heavy atom. The van der Waals surface area contributed by atoms with Crippen molar-refractivity contribution < 1.29 is 19.2 Å². The molecule has 2 unspecified atom stereocenters. The van der Waals surface area contributed by atoms with Crippen LogP contribution < -0.4 is 16.0 Å². The van der Waals surface area contributed by atoms with Crippen LogP contribution in [0.4, 0.5) is 0 Å². The van der Waals surface area contributed by atoms with E-state index in [1.54, 1.807) is 0 Å². The third-order valence-electron chi connectivity index (χ3n) is 6.92. The lowest BCUT2D eigenvalue weighted by Gasteiger charge is -2.26. The zero-order valence-electron chi connectivity index (χ0n) is 23.7. The van der Waals surface area contributed by atoms with E-state index < -0.39 is 12.1 Å². The Morgan fingerprint density at radius 1 is 0.694 bits per heavy atom. The summed E-state index contributed by atoms with van der Waals surface area (Å²) < 4.78 is 0. The molecule has 0 spiro atoms. The van der Waals surface area contributed by atoms with Crippen molar-refractivity contribution in [3.05, 3.63) is 0 Å². The minimum absolute atomic E-state index is 0.0452. The molecular weight excluding hydrogens is 454 g/mol. The first-order valence-electron chi connectivity index (χ1n) is 14.7. The summed E-state index contributed by atoms with van der Waals surface area (Å²) >= 11 is 0. The van der Waals surface area contributed by atoms with Crippen LogP contribution in [0.25, 0.3) is 0 Å². The maximum Gasteiger partial charge on any atom is 0.243 e. The molecule has 3 atom stereocenters. The Labute approximate surface area is 220 Å². The number of aldehydes is 1. The summed E-state index contributed by atoms with van der Waals surface area (Å²) in [5.41, 5.74) is 0. The topological polar surface area (TPSA) is 104 Å². The van der Waals surface area contributed by atoms with Gasteiger partial charge in [0, 0.05) is 19.4 Å². The third-order valence-corrected chi connectivity index (χ3v) is 6.92. The minimum Gasteiger partial charge on any atom is -0.354 e. The lowest BCUT2D eigenvalue weighted by atomic mass is 9.97. The first-order chi connectivity index (χ1) is 17.4. The third kappa shape index (κ3) is 17.5. The SMILES string of the molecule is CCCCCCCCCCCCCCCC(=O)NC(C(=O)N[C@@H](CC)C(=O)NCCC=O)C(C)CC. The summed E-state index contributed by atoms with van der Waals surface area (Å²) in [5, 5.41) is 8.34. The van der Waals surface area contributed by atoms with Gasteiger partial charge < -0.3 is 20.7 Å². The number of nitrogens with one attached hydrogen (secondary N) is 3. The molecule has 0 rings (SSSR count). The molecule has 36 heavy (non-hydrogen) atoms. The van der Waals surface area contributed by atoms with Gasteiger partial charge in [0.05, 0.1) is 0 Å². The number of carbonyl (C=O) groups is 4. The van der Waals surface area contributed by atoms with E-state index in [2.05, 4.69) is 22.9 Å². The van der Waals surface area contributed by atoms with Gasteiger partial charge in [0.1, 0.15) is 18.4 Å². The Kier molecular flexibility index (Phi) is 22.2.